The molecule has 0 unspecified atom stereocenters. The van der Waals surface area contributed by atoms with Crippen molar-refractivity contribution in [2.45, 2.75) is 27.3 Å². The maximum absolute atomic E-state index is 13.6. The highest BCUT2D eigenvalue weighted by Gasteiger charge is 2.12. The summed E-state index contributed by atoms with van der Waals surface area (Å²) in [5.74, 6) is -0.714. The number of amides is 1. The molecule has 0 bridgehead atoms. The molecular formula is C22H26FN3O2. The molecule has 0 aliphatic carbocycles. The molecular weight excluding hydrogens is 357 g/mol. The Kier molecular flexibility index (Phi) is 7.32. The van der Waals surface area contributed by atoms with Gasteiger partial charge in [0.1, 0.15) is 5.82 Å². The van der Waals surface area contributed by atoms with Gasteiger partial charge in [-0.1, -0.05) is 24.3 Å². The van der Waals surface area contributed by atoms with Crippen molar-refractivity contribution in [2.75, 3.05) is 19.1 Å². The molecule has 2 aromatic carbocycles. The summed E-state index contributed by atoms with van der Waals surface area (Å²) in [5, 5.41) is 3.38. The maximum Gasteiger partial charge on any atom is 0.312 e. The lowest BCUT2D eigenvalue weighted by Gasteiger charge is -2.23. The molecule has 148 valence electrons. The molecule has 0 aliphatic rings. The molecule has 2 aromatic rings. The van der Waals surface area contributed by atoms with Crippen LogP contribution in [-0.2, 0) is 16.1 Å². The van der Waals surface area contributed by atoms with Crippen LogP contribution in [0.4, 0.5) is 10.1 Å². The third-order valence-electron chi connectivity index (χ3n) is 4.35. The van der Waals surface area contributed by atoms with Gasteiger partial charge < -0.3 is 15.0 Å². The highest BCUT2D eigenvalue weighted by atomic mass is 19.1. The molecule has 0 spiro atoms. The molecule has 0 heterocycles. The van der Waals surface area contributed by atoms with Gasteiger partial charge in [-0.3, -0.25) is 4.79 Å². The number of benzene rings is 2. The van der Waals surface area contributed by atoms with E-state index in [9.17, 15) is 9.18 Å². The smallest absolute Gasteiger partial charge is 0.312 e. The van der Waals surface area contributed by atoms with Crippen LogP contribution < -0.4 is 5.32 Å². The van der Waals surface area contributed by atoms with E-state index in [0.717, 1.165) is 22.4 Å². The Bertz CT molecular complexity index is 893. The minimum absolute atomic E-state index is 0.0802. The van der Waals surface area contributed by atoms with Gasteiger partial charge in [0.05, 0.1) is 13.8 Å². The van der Waals surface area contributed by atoms with Gasteiger partial charge in [0.15, 0.2) is 0 Å². The van der Waals surface area contributed by atoms with Crippen molar-refractivity contribution in [2.24, 2.45) is 4.99 Å². The van der Waals surface area contributed by atoms with Crippen LogP contribution in [0.15, 0.2) is 53.3 Å². The van der Waals surface area contributed by atoms with Crippen LogP contribution in [0.3, 0.4) is 0 Å². The summed E-state index contributed by atoms with van der Waals surface area (Å²) in [5.41, 5.74) is 4.74. The molecule has 0 saturated carbocycles. The van der Waals surface area contributed by atoms with Crippen LogP contribution in [-0.4, -0.2) is 31.3 Å². The number of hydrogen-bond donors (Lipinski definition) is 1. The zero-order valence-electron chi connectivity index (χ0n) is 16.8. The third-order valence-corrected chi connectivity index (χ3v) is 4.35. The standard InChI is InChI=1S/C22H26FN3O2/c1-15-6-7-16(2)20(10-15)25-14-26(13-21(28-5)22(27)24-4)12-18-8-9-19(23)17(3)11-18/h6-11,13,25H,4,12,14H2,1-3,5H3/b21-13+. The van der Waals surface area contributed by atoms with Crippen LogP contribution in [0, 0.1) is 26.6 Å². The Labute approximate surface area is 165 Å². The molecule has 5 nitrogen and oxygen atoms in total. The topological polar surface area (TPSA) is 53.9 Å². The first-order valence-electron chi connectivity index (χ1n) is 8.91. The fourth-order valence-corrected chi connectivity index (χ4v) is 2.74. The van der Waals surface area contributed by atoms with Crippen molar-refractivity contribution < 1.29 is 13.9 Å². The number of methoxy groups -OCH3 is 1. The van der Waals surface area contributed by atoms with Gasteiger partial charge in [-0.05, 0) is 61.9 Å². The van der Waals surface area contributed by atoms with E-state index >= 15 is 0 Å². The van der Waals surface area contributed by atoms with Crippen LogP contribution in [0.2, 0.25) is 0 Å². The van der Waals surface area contributed by atoms with E-state index in [0.29, 0.717) is 18.8 Å². The molecule has 1 N–H and O–H groups in total. The Morgan fingerprint density at radius 1 is 1.21 bits per heavy atom. The first-order chi connectivity index (χ1) is 13.3. The van der Waals surface area contributed by atoms with Crippen molar-refractivity contribution in [3.05, 3.63) is 76.4 Å². The molecule has 0 radical (unpaired) electrons. The van der Waals surface area contributed by atoms with Crippen molar-refractivity contribution in [3.8, 4) is 0 Å². The molecule has 0 fully saturated rings. The highest BCUT2D eigenvalue weighted by Crippen LogP contribution is 2.18. The first-order valence-corrected chi connectivity index (χ1v) is 8.91. The van der Waals surface area contributed by atoms with Crippen LogP contribution in [0.5, 0.6) is 0 Å². The number of ether oxygens (including phenoxy) is 1. The Morgan fingerprint density at radius 3 is 2.61 bits per heavy atom. The summed E-state index contributed by atoms with van der Waals surface area (Å²) in [6.45, 7) is 9.91. The zero-order chi connectivity index (χ0) is 20.7. The minimum atomic E-state index is -0.547. The zero-order valence-corrected chi connectivity index (χ0v) is 16.8. The van der Waals surface area contributed by atoms with Crippen molar-refractivity contribution in [3.63, 3.8) is 0 Å². The number of rotatable bonds is 8. The fraction of sp³-hybridized carbons (Fsp3) is 0.273. The van der Waals surface area contributed by atoms with Gasteiger partial charge >= 0.3 is 5.91 Å². The molecule has 0 saturated heterocycles. The van der Waals surface area contributed by atoms with Crippen molar-refractivity contribution in [1.82, 2.24) is 4.90 Å². The predicted molar refractivity (Wildman–Crippen MR) is 111 cm³/mol. The minimum Gasteiger partial charge on any atom is -0.490 e. The highest BCUT2D eigenvalue weighted by molar-refractivity contribution is 5.94. The first kappa shape index (κ1) is 21.2. The SMILES string of the molecule is C=NC(=O)/C(=C\N(CNc1cc(C)ccc1C)Cc1ccc(F)c(C)c1)OC. The van der Waals surface area contributed by atoms with Gasteiger partial charge in [-0.25, -0.2) is 9.38 Å². The number of nitrogens with one attached hydrogen (secondary N) is 1. The van der Waals surface area contributed by atoms with E-state index < -0.39 is 5.91 Å². The third kappa shape index (κ3) is 5.67. The van der Waals surface area contributed by atoms with E-state index in [1.54, 1.807) is 25.3 Å². The Morgan fingerprint density at radius 2 is 1.96 bits per heavy atom. The summed E-state index contributed by atoms with van der Waals surface area (Å²) in [6, 6.07) is 11.1. The molecule has 28 heavy (non-hydrogen) atoms. The van der Waals surface area contributed by atoms with Gasteiger partial charge in [0.25, 0.3) is 0 Å². The predicted octanol–water partition coefficient (Wildman–Crippen LogP) is 4.34. The largest absolute Gasteiger partial charge is 0.490 e. The number of hydrogen-bond acceptors (Lipinski definition) is 4. The monoisotopic (exact) mass is 383 g/mol. The summed E-state index contributed by atoms with van der Waals surface area (Å²) in [6.07, 6.45) is 1.59. The lowest BCUT2D eigenvalue weighted by atomic mass is 10.1. The molecule has 6 heteroatoms. The van der Waals surface area contributed by atoms with Gasteiger partial charge in [0.2, 0.25) is 5.76 Å². The number of nitrogens with zero attached hydrogens (tertiary/aromatic N) is 2. The summed E-state index contributed by atoms with van der Waals surface area (Å²) < 4.78 is 18.7. The van der Waals surface area contributed by atoms with E-state index in [-0.39, 0.29) is 11.6 Å². The second-order valence-corrected chi connectivity index (χ2v) is 6.64. The average Bonchev–Trinajstić information content (AvgIpc) is 2.68. The second kappa shape index (κ2) is 9.69. The number of aryl methyl sites for hydroxylation is 3. The van der Waals surface area contributed by atoms with E-state index in [1.807, 2.05) is 24.8 Å². The Balaban J connectivity index is 2.27. The number of aliphatic imine (C=N–C) groups is 1. The normalized spacial score (nSPS) is 11.1. The van der Waals surface area contributed by atoms with E-state index in [4.69, 9.17) is 4.74 Å². The van der Waals surface area contributed by atoms with Gasteiger partial charge in [-0.2, -0.15) is 0 Å². The molecule has 0 atom stereocenters. The summed E-state index contributed by atoms with van der Waals surface area (Å²) in [7, 11) is 1.41. The van der Waals surface area contributed by atoms with E-state index in [2.05, 4.69) is 29.2 Å². The van der Waals surface area contributed by atoms with Crippen LogP contribution in [0.1, 0.15) is 22.3 Å². The fourth-order valence-electron chi connectivity index (χ4n) is 2.74. The van der Waals surface area contributed by atoms with Gasteiger partial charge in [0, 0.05) is 18.4 Å². The van der Waals surface area contributed by atoms with Crippen LogP contribution >= 0.6 is 0 Å². The van der Waals surface area contributed by atoms with Gasteiger partial charge in [-0.15, -0.1) is 0 Å². The van der Waals surface area contributed by atoms with Crippen molar-refractivity contribution >= 4 is 18.3 Å². The Hall–Kier alpha value is -3.15. The second-order valence-electron chi connectivity index (χ2n) is 6.64. The molecule has 2 rings (SSSR count). The quantitative estimate of drug-likeness (QED) is 0.319. The van der Waals surface area contributed by atoms with E-state index in [1.165, 1.54) is 13.2 Å². The number of anilines is 1. The lowest BCUT2D eigenvalue weighted by Crippen LogP contribution is -2.26. The average molecular weight is 383 g/mol. The van der Waals surface area contributed by atoms with Crippen LogP contribution in [0.25, 0.3) is 0 Å². The number of carbonyl (C=O) groups excluding carboxylic acids is 1. The molecule has 0 aromatic heterocycles. The molecule has 0 aliphatic heterocycles. The van der Waals surface area contributed by atoms with Crippen molar-refractivity contribution in [1.29, 1.82) is 0 Å². The molecule has 1 amide bonds. The number of halogens is 1. The maximum atomic E-state index is 13.6. The lowest BCUT2D eigenvalue weighted by molar-refractivity contribution is -0.117. The summed E-state index contributed by atoms with van der Waals surface area (Å²) in [4.78, 5) is 17.2. The summed E-state index contributed by atoms with van der Waals surface area (Å²) >= 11 is 0. The number of carbonyl (C=O) groups is 1.